The van der Waals surface area contributed by atoms with Gasteiger partial charge in [-0.1, -0.05) is 29.8 Å². The second-order valence-electron chi connectivity index (χ2n) is 6.03. The highest BCUT2D eigenvalue weighted by Crippen LogP contribution is 2.20. The molecule has 1 aromatic carbocycles. The molecule has 0 N–H and O–H groups in total. The van der Waals surface area contributed by atoms with Crippen LogP contribution in [0.1, 0.15) is 18.4 Å². The number of carbonyl (C=O) groups excluding carboxylic acids is 2. The van der Waals surface area contributed by atoms with Crippen molar-refractivity contribution in [3.63, 3.8) is 0 Å². The van der Waals surface area contributed by atoms with E-state index in [1.807, 2.05) is 50.1 Å². The Hall–Kier alpha value is -1.01. The summed E-state index contributed by atoms with van der Waals surface area (Å²) in [6.45, 7) is 1.22. The van der Waals surface area contributed by atoms with Crippen molar-refractivity contribution in [1.29, 1.82) is 0 Å². The van der Waals surface area contributed by atoms with E-state index in [1.54, 1.807) is 18.2 Å². The van der Waals surface area contributed by atoms with Crippen LogP contribution in [0.2, 0.25) is 5.02 Å². The molecule has 4 nitrogen and oxygen atoms in total. The van der Waals surface area contributed by atoms with Crippen LogP contribution in [0.4, 0.5) is 0 Å². The van der Waals surface area contributed by atoms with Crippen molar-refractivity contribution in [2.24, 2.45) is 0 Å². The Labute approximate surface area is 160 Å². The number of halogens is 2. The lowest BCUT2D eigenvalue weighted by Crippen LogP contribution is -2.23. The number of nitrogens with zero attached hydrogens (tertiary/aromatic N) is 2. The number of allylic oxidation sites excluding steroid dienone is 1. The second-order valence-corrected chi connectivity index (χ2v) is 6.44. The van der Waals surface area contributed by atoms with Crippen LogP contribution in [-0.4, -0.2) is 62.6 Å². The minimum atomic E-state index is -0.137. The molecule has 0 saturated heterocycles. The molecular weight excluding hydrogens is 392 g/mol. The van der Waals surface area contributed by atoms with Gasteiger partial charge in [0, 0.05) is 31.0 Å². The standard InChI is InChI=1S/C18H25ClN2O2.BrH/c1-20(2)11-9-17(22)15(18(23)10-12-21(3)4)13-14-7-5-6-8-16(14)19;/h5-8,13H,9-12H2,1-4H3;1H. The lowest BCUT2D eigenvalue weighted by molar-refractivity contribution is -0.121. The first kappa shape index (κ1) is 23.0. The van der Waals surface area contributed by atoms with E-state index in [4.69, 9.17) is 11.6 Å². The van der Waals surface area contributed by atoms with E-state index in [1.165, 1.54) is 0 Å². The van der Waals surface area contributed by atoms with E-state index in [0.717, 1.165) is 0 Å². The van der Waals surface area contributed by atoms with Gasteiger partial charge in [-0.05, 0) is 45.9 Å². The fourth-order valence-electron chi connectivity index (χ4n) is 1.98. The summed E-state index contributed by atoms with van der Waals surface area (Å²) in [7, 11) is 7.61. The first-order valence-electron chi connectivity index (χ1n) is 7.63. The Morgan fingerprint density at radius 1 is 0.958 bits per heavy atom. The molecule has 1 rings (SSSR count). The van der Waals surface area contributed by atoms with E-state index < -0.39 is 0 Å². The lowest BCUT2D eigenvalue weighted by atomic mass is 9.98. The van der Waals surface area contributed by atoms with E-state index in [-0.39, 0.29) is 34.1 Å². The molecule has 0 fully saturated rings. The van der Waals surface area contributed by atoms with Gasteiger partial charge in [0.1, 0.15) is 0 Å². The maximum absolute atomic E-state index is 12.5. The molecule has 0 aliphatic rings. The number of Topliss-reactive ketones (excluding diaryl/α,β-unsaturated/α-hetero) is 2. The van der Waals surface area contributed by atoms with Crippen LogP contribution in [-0.2, 0) is 9.59 Å². The molecule has 0 spiro atoms. The van der Waals surface area contributed by atoms with Crippen LogP contribution < -0.4 is 0 Å². The molecule has 1 aromatic rings. The molecule has 0 radical (unpaired) electrons. The number of ketones is 2. The average Bonchev–Trinajstić information content (AvgIpc) is 2.49. The topological polar surface area (TPSA) is 40.6 Å². The molecule has 0 saturated carbocycles. The van der Waals surface area contributed by atoms with E-state index in [2.05, 4.69) is 0 Å². The Morgan fingerprint density at radius 3 is 1.83 bits per heavy atom. The minimum Gasteiger partial charge on any atom is -0.309 e. The predicted molar refractivity (Wildman–Crippen MR) is 106 cm³/mol. The van der Waals surface area contributed by atoms with Crippen LogP contribution in [0.3, 0.4) is 0 Å². The summed E-state index contributed by atoms with van der Waals surface area (Å²) < 4.78 is 0. The van der Waals surface area contributed by atoms with Crippen LogP contribution in [0, 0.1) is 0 Å². The highest BCUT2D eigenvalue weighted by molar-refractivity contribution is 8.93. The quantitative estimate of drug-likeness (QED) is 0.351. The molecule has 6 heteroatoms. The number of hydrogen-bond donors (Lipinski definition) is 0. The molecule has 0 aliphatic heterocycles. The number of carbonyl (C=O) groups is 2. The smallest absolute Gasteiger partial charge is 0.167 e. The van der Waals surface area contributed by atoms with Gasteiger partial charge >= 0.3 is 0 Å². The van der Waals surface area contributed by atoms with E-state index >= 15 is 0 Å². The normalized spacial score (nSPS) is 10.5. The van der Waals surface area contributed by atoms with Crippen LogP contribution >= 0.6 is 28.6 Å². The molecule has 0 bridgehead atoms. The molecule has 0 heterocycles. The molecule has 134 valence electrons. The third-order valence-electron chi connectivity index (χ3n) is 3.38. The SMILES string of the molecule is Br.CN(C)CCC(=O)C(=Cc1ccccc1Cl)C(=O)CCN(C)C. The van der Waals surface area contributed by atoms with E-state index in [0.29, 0.717) is 36.5 Å². The monoisotopic (exact) mass is 416 g/mol. The van der Waals surface area contributed by atoms with Crippen molar-refractivity contribution < 1.29 is 9.59 Å². The van der Waals surface area contributed by atoms with Gasteiger partial charge in [0.25, 0.3) is 0 Å². The maximum Gasteiger partial charge on any atom is 0.167 e. The first-order valence-corrected chi connectivity index (χ1v) is 8.01. The second kappa shape index (κ2) is 11.5. The Balaban J connectivity index is 0.00000529. The zero-order valence-electron chi connectivity index (χ0n) is 14.7. The van der Waals surface area contributed by atoms with Gasteiger partial charge in [-0.3, -0.25) is 9.59 Å². The Morgan fingerprint density at radius 2 is 1.42 bits per heavy atom. The zero-order chi connectivity index (χ0) is 17.4. The number of hydrogen-bond acceptors (Lipinski definition) is 4. The maximum atomic E-state index is 12.5. The fraction of sp³-hybridized carbons (Fsp3) is 0.444. The minimum absolute atomic E-state index is 0. The molecule has 0 atom stereocenters. The third-order valence-corrected chi connectivity index (χ3v) is 3.72. The van der Waals surface area contributed by atoms with E-state index in [9.17, 15) is 9.59 Å². The summed E-state index contributed by atoms with van der Waals surface area (Å²) in [4.78, 5) is 28.8. The average molecular weight is 418 g/mol. The Bertz CT molecular complexity index is 560. The molecule has 0 aliphatic carbocycles. The van der Waals surface area contributed by atoms with Crippen molar-refractivity contribution in [2.45, 2.75) is 12.8 Å². The van der Waals surface area contributed by atoms with Crippen LogP contribution in [0.15, 0.2) is 29.8 Å². The highest BCUT2D eigenvalue weighted by atomic mass is 79.9. The largest absolute Gasteiger partial charge is 0.309 e. The summed E-state index contributed by atoms with van der Waals surface area (Å²) in [6.07, 6.45) is 2.26. The molecule has 0 aromatic heterocycles. The Kier molecular flexibility index (Phi) is 11.0. The van der Waals surface area contributed by atoms with Crippen molar-refractivity contribution in [3.05, 3.63) is 40.4 Å². The van der Waals surface area contributed by atoms with Gasteiger partial charge in [0.15, 0.2) is 11.6 Å². The number of benzene rings is 1. The van der Waals surface area contributed by atoms with Gasteiger partial charge < -0.3 is 9.80 Å². The van der Waals surface area contributed by atoms with Gasteiger partial charge in [0.2, 0.25) is 0 Å². The first-order chi connectivity index (χ1) is 10.8. The van der Waals surface area contributed by atoms with Crippen molar-refractivity contribution in [3.8, 4) is 0 Å². The number of rotatable bonds is 9. The van der Waals surface area contributed by atoms with Gasteiger partial charge in [-0.15, -0.1) is 17.0 Å². The summed E-state index contributed by atoms with van der Waals surface area (Å²) >= 11 is 6.15. The summed E-state index contributed by atoms with van der Waals surface area (Å²) in [6, 6.07) is 7.21. The third kappa shape index (κ3) is 8.20. The van der Waals surface area contributed by atoms with Gasteiger partial charge in [0.05, 0.1) is 5.57 Å². The molecule has 0 amide bonds. The lowest BCUT2D eigenvalue weighted by Gasteiger charge is -2.12. The van der Waals surface area contributed by atoms with Gasteiger partial charge in [-0.25, -0.2) is 0 Å². The van der Waals surface area contributed by atoms with Crippen LogP contribution in [0.25, 0.3) is 6.08 Å². The van der Waals surface area contributed by atoms with Crippen molar-refractivity contribution >= 4 is 46.2 Å². The summed E-state index contributed by atoms with van der Waals surface area (Å²) in [5, 5.41) is 0.533. The molecule has 24 heavy (non-hydrogen) atoms. The van der Waals surface area contributed by atoms with Crippen molar-refractivity contribution in [1.82, 2.24) is 9.80 Å². The van der Waals surface area contributed by atoms with Crippen LogP contribution in [0.5, 0.6) is 0 Å². The molecular formula is C18H26BrClN2O2. The summed E-state index contributed by atoms with van der Waals surface area (Å²) in [5.41, 5.74) is 0.933. The van der Waals surface area contributed by atoms with Gasteiger partial charge in [-0.2, -0.15) is 0 Å². The van der Waals surface area contributed by atoms with Crippen molar-refractivity contribution in [2.75, 3.05) is 41.3 Å². The zero-order valence-corrected chi connectivity index (χ0v) is 17.2. The predicted octanol–water partition coefficient (Wildman–Crippen LogP) is 3.34. The molecule has 0 unspecified atom stereocenters. The fourth-order valence-corrected chi connectivity index (χ4v) is 2.17. The summed E-state index contributed by atoms with van der Waals surface area (Å²) in [5.74, 6) is -0.273. The highest BCUT2D eigenvalue weighted by Gasteiger charge is 2.18.